The quantitative estimate of drug-likeness (QED) is 0.806. The van der Waals surface area contributed by atoms with Crippen LogP contribution >= 0.6 is 23.7 Å². The van der Waals surface area contributed by atoms with E-state index in [0.717, 1.165) is 35.8 Å². The number of carbonyl (C=O) groups is 1. The van der Waals surface area contributed by atoms with Crippen molar-refractivity contribution in [3.05, 3.63) is 39.8 Å². The van der Waals surface area contributed by atoms with Gasteiger partial charge in [-0.05, 0) is 62.4 Å². The van der Waals surface area contributed by atoms with E-state index in [1.807, 2.05) is 12.1 Å². The van der Waals surface area contributed by atoms with E-state index in [4.69, 9.17) is 5.73 Å². The zero-order valence-corrected chi connectivity index (χ0v) is 15.9. The standard InChI is InChI=1S/C18H23N3OS.ClH/c1-11-12(2)18(23-13(11)3)20-17(22)10-21-9-5-6-14-15(19)7-4-8-16(14)21;/h4,7-8H,5-6,9-10,19H2,1-3H3,(H,20,22);1H. The molecular weight excluding hydrogens is 342 g/mol. The molecule has 0 unspecified atom stereocenters. The number of nitrogen functional groups attached to an aromatic ring is 1. The summed E-state index contributed by atoms with van der Waals surface area (Å²) >= 11 is 1.65. The molecule has 1 aliphatic rings. The van der Waals surface area contributed by atoms with Crippen molar-refractivity contribution in [2.24, 2.45) is 0 Å². The molecule has 24 heavy (non-hydrogen) atoms. The first-order chi connectivity index (χ1) is 11.0. The fourth-order valence-corrected chi connectivity index (χ4v) is 4.17. The maximum absolute atomic E-state index is 12.5. The van der Waals surface area contributed by atoms with Gasteiger partial charge in [0.1, 0.15) is 0 Å². The van der Waals surface area contributed by atoms with Gasteiger partial charge in [0.05, 0.1) is 11.5 Å². The third-order valence-corrected chi connectivity index (χ3v) is 5.88. The Morgan fingerprint density at radius 3 is 2.71 bits per heavy atom. The topological polar surface area (TPSA) is 58.4 Å². The highest BCUT2D eigenvalue weighted by Gasteiger charge is 2.21. The van der Waals surface area contributed by atoms with Crippen molar-refractivity contribution in [1.29, 1.82) is 0 Å². The number of thiophene rings is 1. The zero-order chi connectivity index (χ0) is 16.6. The maximum Gasteiger partial charge on any atom is 0.244 e. The molecule has 1 aliphatic heterocycles. The molecule has 2 heterocycles. The average molecular weight is 366 g/mol. The second kappa shape index (κ2) is 7.45. The number of rotatable bonds is 3. The highest BCUT2D eigenvalue weighted by molar-refractivity contribution is 7.16. The summed E-state index contributed by atoms with van der Waals surface area (Å²) in [6.45, 7) is 7.51. The molecule has 0 fully saturated rings. The number of aryl methyl sites for hydroxylation is 1. The Labute approximate surface area is 153 Å². The number of carbonyl (C=O) groups excluding carboxylic acids is 1. The summed E-state index contributed by atoms with van der Waals surface area (Å²) in [5.74, 6) is 0.0321. The van der Waals surface area contributed by atoms with E-state index in [9.17, 15) is 4.79 Å². The molecule has 0 spiro atoms. The van der Waals surface area contributed by atoms with Crippen LogP contribution in [0.4, 0.5) is 16.4 Å². The molecule has 2 aromatic rings. The van der Waals surface area contributed by atoms with Crippen LogP contribution in [0.25, 0.3) is 0 Å². The number of fused-ring (bicyclic) bond motifs is 1. The van der Waals surface area contributed by atoms with Crippen molar-refractivity contribution in [2.45, 2.75) is 33.6 Å². The number of halogens is 1. The van der Waals surface area contributed by atoms with E-state index in [0.29, 0.717) is 6.54 Å². The molecule has 0 saturated carbocycles. The van der Waals surface area contributed by atoms with Gasteiger partial charge >= 0.3 is 0 Å². The van der Waals surface area contributed by atoms with Gasteiger partial charge in [-0.25, -0.2) is 0 Å². The molecule has 0 bridgehead atoms. The van der Waals surface area contributed by atoms with E-state index < -0.39 is 0 Å². The first-order valence-electron chi connectivity index (χ1n) is 7.96. The molecule has 3 rings (SSSR count). The van der Waals surface area contributed by atoms with Crippen LogP contribution in [0.15, 0.2) is 18.2 Å². The number of nitrogens with zero attached hydrogens (tertiary/aromatic N) is 1. The lowest BCUT2D eigenvalue weighted by atomic mass is 10.00. The number of hydrogen-bond donors (Lipinski definition) is 2. The summed E-state index contributed by atoms with van der Waals surface area (Å²) in [4.78, 5) is 15.9. The normalized spacial score (nSPS) is 13.2. The van der Waals surface area contributed by atoms with Crippen LogP contribution in [0.5, 0.6) is 0 Å². The van der Waals surface area contributed by atoms with Crippen LogP contribution in [0.3, 0.4) is 0 Å². The van der Waals surface area contributed by atoms with Crippen LogP contribution in [0.2, 0.25) is 0 Å². The van der Waals surface area contributed by atoms with E-state index in [1.165, 1.54) is 21.6 Å². The Balaban J connectivity index is 0.00000208. The molecular formula is C18H24ClN3OS. The molecule has 6 heteroatoms. The third kappa shape index (κ3) is 3.52. The minimum Gasteiger partial charge on any atom is -0.398 e. The Bertz CT molecular complexity index is 757. The van der Waals surface area contributed by atoms with Gasteiger partial charge in [-0.15, -0.1) is 23.7 Å². The maximum atomic E-state index is 12.5. The van der Waals surface area contributed by atoms with Gasteiger partial charge in [0, 0.05) is 22.8 Å². The monoisotopic (exact) mass is 365 g/mol. The van der Waals surface area contributed by atoms with Gasteiger partial charge in [0.2, 0.25) is 5.91 Å². The minimum absolute atomic E-state index is 0. The van der Waals surface area contributed by atoms with Crippen molar-refractivity contribution in [2.75, 3.05) is 29.0 Å². The molecule has 0 aliphatic carbocycles. The van der Waals surface area contributed by atoms with Crippen molar-refractivity contribution >= 4 is 46.0 Å². The lowest BCUT2D eigenvalue weighted by molar-refractivity contribution is -0.115. The molecule has 0 atom stereocenters. The minimum atomic E-state index is 0. The first-order valence-corrected chi connectivity index (χ1v) is 8.77. The SMILES string of the molecule is Cc1sc(NC(=O)CN2CCCc3c(N)cccc32)c(C)c1C.Cl. The molecule has 1 aromatic heterocycles. The zero-order valence-electron chi connectivity index (χ0n) is 14.3. The molecule has 4 nitrogen and oxygen atoms in total. The predicted octanol–water partition coefficient (Wildman–Crippen LogP) is 4.07. The van der Waals surface area contributed by atoms with Gasteiger partial charge in [0.15, 0.2) is 0 Å². The van der Waals surface area contributed by atoms with Crippen molar-refractivity contribution in [3.8, 4) is 0 Å². The van der Waals surface area contributed by atoms with Gasteiger partial charge < -0.3 is 16.0 Å². The smallest absolute Gasteiger partial charge is 0.244 e. The largest absolute Gasteiger partial charge is 0.398 e. The van der Waals surface area contributed by atoms with E-state index in [2.05, 4.69) is 37.1 Å². The van der Waals surface area contributed by atoms with Gasteiger partial charge in [-0.2, -0.15) is 0 Å². The van der Waals surface area contributed by atoms with Crippen LogP contribution in [-0.4, -0.2) is 19.0 Å². The second-order valence-corrected chi connectivity index (χ2v) is 7.38. The Kier molecular flexibility index (Phi) is 5.78. The van der Waals surface area contributed by atoms with Crippen LogP contribution in [0.1, 0.15) is 28.0 Å². The summed E-state index contributed by atoms with van der Waals surface area (Å²) < 4.78 is 0. The lowest BCUT2D eigenvalue weighted by Crippen LogP contribution is -2.37. The fourth-order valence-electron chi connectivity index (χ4n) is 3.09. The van der Waals surface area contributed by atoms with Gasteiger partial charge in [0.25, 0.3) is 0 Å². The number of nitrogens with two attached hydrogens (primary N) is 1. The summed E-state index contributed by atoms with van der Waals surface area (Å²) in [7, 11) is 0. The number of hydrogen-bond acceptors (Lipinski definition) is 4. The first kappa shape index (κ1) is 18.6. The van der Waals surface area contributed by atoms with Crippen LogP contribution < -0.4 is 16.0 Å². The average Bonchev–Trinajstić information content (AvgIpc) is 2.75. The summed E-state index contributed by atoms with van der Waals surface area (Å²) in [6, 6.07) is 5.95. The van der Waals surface area contributed by atoms with Gasteiger partial charge in [-0.1, -0.05) is 6.07 Å². The van der Waals surface area contributed by atoms with Crippen molar-refractivity contribution in [1.82, 2.24) is 0 Å². The molecule has 0 radical (unpaired) electrons. The van der Waals surface area contributed by atoms with Crippen molar-refractivity contribution < 1.29 is 4.79 Å². The number of anilines is 3. The summed E-state index contributed by atoms with van der Waals surface area (Å²) in [5.41, 5.74) is 11.6. The lowest BCUT2D eigenvalue weighted by Gasteiger charge is -2.31. The highest BCUT2D eigenvalue weighted by Crippen LogP contribution is 2.33. The fraction of sp³-hybridized carbons (Fsp3) is 0.389. The molecule has 1 amide bonds. The predicted molar refractivity (Wildman–Crippen MR) is 106 cm³/mol. The highest BCUT2D eigenvalue weighted by atomic mass is 35.5. The number of nitrogens with one attached hydrogen (secondary N) is 1. The Morgan fingerprint density at radius 1 is 1.29 bits per heavy atom. The Morgan fingerprint density at radius 2 is 2.04 bits per heavy atom. The van der Waals surface area contributed by atoms with E-state index in [1.54, 1.807) is 11.3 Å². The second-order valence-electron chi connectivity index (χ2n) is 6.16. The van der Waals surface area contributed by atoms with E-state index >= 15 is 0 Å². The molecule has 3 N–H and O–H groups in total. The molecule has 130 valence electrons. The van der Waals surface area contributed by atoms with Crippen LogP contribution in [-0.2, 0) is 11.2 Å². The third-order valence-electron chi connectivity index (χ3n) is 4.66. The van der Waals surface area contributed by atoms with Gasteiger partial charge in [-0.3, -0.25) is 4.79 Å². The number of benzene rings is 1. The molecule has 1 aromatic carbocycles. The molecule has 0 saturated heterocycles. The van der Waals surface area contributed by atoms with Crippen molar-refractivity contribution in [3.63, 3.8) is 0 Å². The summed E-state index contributed by atoms with van der Waals surface area (Å²) in [5, 5.41) is 4.04. The Hall–Kier alpha value is -1.72. The van der Waals surface area contributed by atoms with Crippen LogP contribution in [0, 0.1) is 20.8 Å². The van der Waals surface area contributed by atoms with E-state index in [-0.39, 0.29) is 18.3 Å². The summed E-state index contributed by atoms with van der Waals surface area (Å²) in [6.07, 6.45) is 2.02. The number of amides is 1.